The lowest BCUT2D eigenvalue weighted by Crippen LogP contribution is -1.99. The van der Waals surface area contributed by atoms with Crippen molar-refractivity contribution in [3.05, 3.63) is 21.9 Å². The maximum Gasteiger partial charge on any atom is 0.303 e. The lowest BCUT2D eigenvalue weighted by molar-refractivity contribution is -0.136. The Kier molecular flexibility index (Phi) is 3.52. The molecule has 0 saturated carbocycles. The summed E-state index contributed by atoms with van der Waals surface area (Å²) in [6.07, 6.45) is -0.202. The van der Waals surface area contributed by atoms with E-state index in [4.69, 9.17) is 10.2 Å². The molecular weight excluding hydrogens is 271 g/mol. The second-order valence-electron chi connectivity index (χ2n) is 2.91. The normalized spacial score (nSPS) is 10.3. The van der Waals surface area contributed by atoms with E-state index in [1.165, 1.54) is 0 Å². The molecule has 0 radical (unpaired) electrons. The molecule has 15 heavy (non-hydrogen) atoms. The molecule has 1 rings (SSSR count). The first-order chi connectivity index (χ1) is 6.93. The number of phenols is 2. The molecule has 0 bridgehead atoms. The Bertz CT molecular complexity index is 406. The molecule has 0 aromatic heterocycles. The fourth-order valence-electron chi connectivity index (χ4n) is 1.11. The van der Waals surface area contributed by atoms with E-state index < -0.39 is 23.3 Å². The molecule has 82 valence electrons. The van der Waals surface area contributed by atoms with Gasteiger partial charge in [-0.2, -0.15) is 0 Å². The van der Waals surface area contributed by atoms with Crippen LogP contribution in [0.5, 0.6) is 11.5 Å². The molecule has 0 spiro atoms. The SMILES string of the molecule is O=C(O)CCc1c(Br)cc(F)c(O)c1O. The highest BCUT2D eigenvalue weighted by molar-refractivity contribution is 9.10. The zero-order valence-electron chi connectivity index (χ0n) is 7.50. The highest BCUT2D eigenvalue weighted by Gasteiger charge is 2.16. The van der Waals surface area contributed by atoms with Crippen LogP contribution in [0.2, 0.25) is 0 Å². The molecule has 1 aromatic rings. The quantitative estimate of drug-likeness (QED) is 0.740. The monoisotopic (exact) mass is 278 g/mol. The molecule has 0 aliphatic rings. The molecule has 3 N–H and O–H groups in total. The molecule has 4 nitrogen and oxygen atoms in total. The third kappa shape index (κ3) is 2.59. The van der Waals surface area contributed by atoms with Crippen molar-refractivity contribution >= 4 is 21.9 Å². The molecule has 0 amide bonds. The minimum absolute atomic E-state index is 0.00951. The van der Waals surface area contributed by atoms with Gasteiger partial charge in [0.25, 0.3) is 0 Å². The Hall–Kier alpha value is -1.30. The van der Waals surface area contributed by atoms with Crippen LogP contribution in [0.4, 0.5) is 4.39 Å². The third-order valence-electron chi connectivity index (χ3n) is 1.87. The second-order valence-corrected chi connectivity index (χ2v) is 3.76. The number of aliphatic carboxylic acids is 1. The summed E-state index contributed by atoms with van der Waals surface area (Å²) in [4.78, 5) is 10.3. The maximum absolute atomic E-state index is 12.9. The van der Waals surface area contributed by atoms with E-state index in [-0.39, 0.29) is 22.9 Å². The molecule has 0 saturated heterocycles. The van der Waals surface area contributed by atoms with Gasteiger partial charge in [0.15, 0.2) is 17.3 Å². The van der Waals surface area contributed by atoms with E-state index in [0.29, 0.717) is 0 Å². The van der Waals surface area contributed by atoms with Crippen molar-refractivity contribution in [1.82, 2.24) is 0 Å². The lowest BCUT2D eigenvalue weighted by atomic mass is 10.1. The first-order valence-corrected chi connectivity index (χ1v) is 4.83. The van der Waals surface area contributed by atoms with Crippen molar-refractivity contribution in [1.29, 1.82) is 0 Å². The maximum atomic E-state index is 12.9. The number of halogens is 2. The van der Waals surface area contributed by atoms with Crippen molar-refractivity contribution in [2.24, 2.45) is 0 Å². The fourth-order valence-corrected chi connectivity index (χ4v) is 1.69. The number of aromatic hydroxyl groups is 2. The average molecular weight is 279 g/mol. The van der Waals surface area contributed by atoms with Crippen LogP contribution in [-0.4, -0.2) is 21.3 Å². The van der Waals surface area contributed by atoms with Crippen LogP contribution in [0, 0.1) is 5.82 Å². The van der Waals surface area contributed by atoms with E-state index in [2.05, 4.69) is 15.9 Å². The Morgan fingerprint density at radius 2 is 2.00 bits per heavy atom. The van der Waals surface area contributed by atoms with Gasteiger partial charge in [0.05, 0.1) is 0 Å². The molecule has 1 aromatic carbocycles. The minimum Gasteiger partial charge on any atom is -0.504 e. The number of carboxylic acid groups (broad SMARTS) is 1. The summed E-state index contributed by atoms with van der Waals surface area (Å²) in [6, 6.07) is 0.978. The van der Waals surface area contributed by atoms with Gasteiger partial charge in [-0.15, -0.1) is 0 Å². The van der Waals surface area contributed by atoms with Gasteiger partial charge >= 0.3 is 5.97 Å². The number of phenolic OH excluding ortho intramolecular Hbond substituents is 2. The van der Waals surface area contributed by atoms with E-state index in [1.54, 1.807) is 0 Å². The largest absolute Gasteiger partial charge is 0.504 e. The lowest BCUT2D eigenvalue weighted by Gasteiger charge is -2.08. The standard InChI is InChI=1S/C9H8BrFO4/c10-5-3-6(11)9(15)8(14)4(5)1-2-7(12)13/h3,14-15H,1-2H2,(H,12,13). The van der Waals surface area contributed by atoms with Crippen LogP contribution in [0.25, 0.3) is 0 Å². The van der Waals surface area contributed by atoms with E-state index >= 15 is 0 Å². The van der Waals surface area contributed by atoms with Crippen LogP contribution in [-0.2, 0) is 11.2 Å². The predicted molar refractivity (Wildman–Crippen MR) is 53.4 cm³/mol. The summed E-state index contributed by atoms with van der Waals surface area (Å²) >= 11 is 2.98. The van der Waals surface area contributed by atoms with Crippen LogP contribution in [0.15, 0.2) is 10.5 Å². The molecule has 0 fully saturated rings. The summed E-state index contributed by atoms with van der Waals surface area (Å²) in [5, 5.41) is 26.9. The number of hydrogen-bond acceptors (Lipinski definition) is 3. The topological polar surface area (TPSA) is 77.8 Å². The Morgan fingerprint density at radius 3 is 2.53 bits per heavy atom. The molecule has 6 heteroatoms. The number of carboxylic acids is 1. The Balaban J connectivity index is 3.07. The summed E-state index contributed by atoms with van der Waals surface area (Å²) < 4.78 is 13.1. The van der Waals surface area contributed by atoms with Gasteiger partial charge in [0, 0.05) is 16.5 Å². The van der Waals surface area contributed by atoms with Gasteiger partial charge in [-0.3, -0.25) is 4.79 Å². The zero-order valence-corrected chi connectivity index (χ0v) is 9.08. The first kappa shape index (κ1) is 11.8. The highest BCUT2D eigenvalue weighted by atomic mass is 79.9. The summed E-state index contributed by atoms with van der Waals surface area (Å²) in [6.45, 7) is 0. The van der Waals surface area contributed by atoms with E-state index in [1.807, 2.05) is 0 Å². The van der Waals surface area contributed by atoms with E-state index in [9.17, 15) is 14.3 Å². The molecule has 0 aliphatic heterocycles. The van der Waals surface area contributed by atoms with Gasteiger partial charge in [0.2, 0.25) is 0 Å². The molecule has 0 atom stereocenters. The molecular formula is C9H8BrFO4. The first-order valence-electron chi connectivity index (χ1n) is 4.04. The third-order valence-corrected chi connectivity index (χ3v) is 2.57. The van der Waals surface area contributed by atoms with Gasteiger partial charge in [-0.05, 0) is 12.5 Å². The molecule has 0 heterocycles. The number of benzene rings is 1. The van der Waals surface area contributed by atoms with Crippen LogP contribution in [0.3, 0.4) is 0 Å². The summed E-state index contributed by atoms with van der Waals surface area (Å²) in [7, 11) is 0. The van der Waals surface area contributed by atoms with Crippen molar-refractivity contribution in [2.75, 3.05) is 0 Å². The smallest absolute Gasteiger partial charge is 0.303 e. The fraction of sp³-hybridized carbons (Fsp3) is 0.222. The molecule has 0 unspecified atom stereocenters. The number of rotatable bonds is 3. The number of carbonyl (C=O) groups is 1. The summed E-state index contributed by atoms with van der Waals surface area (Å²) in [5.74, 6) is -3.48. The molecule has 0 aliphatic carbocycles. The number of hydrogen-bond donors (Lipinski definition) is 3. The zero-order chi connectivity index (χ0) is 11.6. The summed E-state index contributed by atoms with van der Waals surface area (Å²) in [5.41, 5.74) is 0.177. The van der Waals surface area contributed by atoms with Crippen molar-refractivity contribution in [3.8, 4) is 11.5 Å². The van der Waals surface area contributed by atoms with Gasteiger partial charge in [0.1, 0.15) is 0 Å². The van der Waals surface area contributed by atoms with Gasteiger partial charge < -0.3 is 15.3 Å². The van der Waals surface area contributed by atoms with Crippen LogP contribution >= 0.6 is 15.9 Å². The van der Waals surface area contributed by atoms with Crippen molar-refractivity contribution in [2.45, 2.75) is 12.8 Å². The minimum atomic E-state index is -1.04. The van der Waals surface area contributed by atoms with Crippen LogP contribution in [0.1, 0.15) is 12.0 Å². The van der Waals surface area contributed by atoms with Gasteiger partial charge in [-0.1, -0.05) is 15.9 Å². The van der Waals surface area contributed by atoms with Crippen LogP contribution < -0.4 is 0 Å². The predicted octanol–water partition coefficient (Wildman–Crippen LogP) is 2.02. The van der Waals surface area contributed by atoms with Gasteiger partial charge in [-0.25, -0.2) is 4.39 Å². The average Bonchev–Trinajstić information content (AvgIpc) is 2.14. The Labute approximate surface area is 93.1 Å². The highest BCUT2D eigenvalue weighted by Crippen LogP contribution is 2.37. The van der Waals surface area contributed by atoms with Crippen molar-refractivity contribution in [3.63, 3.8) is 0 Å². The second kappa shape index (κ2) is 4.48. The van der Waals surface area contributed by atoms with E-state index in [0.717, 1.165) is 6.07 Å². The Morgan fingerprint density at radius 1 is 1.40 bits per heavy atom. The van der Waals surface area contributed by atoms with Crippen molar-refractivity contribution < 1.29 is 24.5 Å².